The monoisotopic (exact) mass is 1350 g/mol. The molecule has 0 spiro atoms. The molecule has 0 saturated carbocycles. The van der Waals surface area contributed by atoms with Gasteiger partial charge in [-0.25, -0.2) is 19.6 Å². The van der Waals surface area contributed by atoms with E-state index < -0.39 is 52.1 Å². The SMILES string of the molecule is C.C.C=CC1CC(=O)NCc2nc(cs2)C2=N[C@@](C)(CS2)C(=O)N[C@@H](C(C)C)C(=O)O1.C=CCCC(=O)CSC(c1ccccc1)(c1ccccc1)c1ccccc1.CCC(=O)C/C=C/C1CC(=O)NCc2nc(cs2)C2=N[C@@](C)(CS2)C(=O)N[C@@H](C(C)C)C(=O)O1. The van der Waals surface area contributed by atoms with E-state index in [4.69, 9.17) is 9.47 Å². The van der Waals surface area contributed by atoms with Crippen LogP contribution in [0, 0.1) is 11.8 Å². The average molecular weight is 1350 g/mol. The first-order chi connectivity index (χ1) is 43.1. The van der Waals surface area contributed by atoms with Crippen molar-refractivity contribution in [1.29, 1.82) is 0 Å². The van der Waals surface area contributed by atoms with Gasteiger partial charge in [-0.05, 0) is 54.9 Å². The van der Waals surface area contributed by atoms with Crippen LogP contribution in [0.1, 0.15) is 140 Å². The number of thiazole rings is 2. The van der Waals surface area contributed by atoms with Gasteiger partial charge in [0.15, 0.2) is 0 Å². The highest BCUT2D eigenvalue weighted by molar-refractivity contribution is 8.15. The number of hydrogen-bond acceptors (Lipinski definition) is 19. The second kappa shape index (κ2) is 35.7. The third-order valence-corrected chi connectivity index (χ3v) is 20.6. The molecule has 2 unspecified atom stereocenters. The minimum atomic E-state index is -1.04. The Morgan fingerprint density at radius 1 is 0.663 bits per heavy atom. The van der Waals surface area contributed by atoms with Gasteiger partial charge in [0.25, 0.3) is 0 Å². The van der Waals surface area contributed by atoms with Crippen LogP contribution >= 0.6 is 58.0 Å². The van der Waals surface area contributed by atoms with Crippen molar-refractivity contribution in [3.63, 3.8) is 0 Å². The Morgan fingerprint density at radius 2 is 1.09 bits per heavy atom. The van der Waals surface area contributed by atoms with E-state index in [0.29, 0.717) is 56.6 Å². The lowest BCUT2D eigenvalue weighted by Gasteiger charge is -2.35. The van der Waals surface area contributed by atoms with E-state index in [-0.39, 0.29) is 94.2 Å². The second-order valence-electron chi connectivity index (χ2n) is 22.7. The van der Waals surface area contributed by atoms with Gasteiger partial charge in [-0.2, -0.15) is 0 Å². The molecule has 92 heavy (non-hydrogen) atoms. The van der Waals surface area contributed by atoms with Crippen molar-refractivity contribution in [2.24, 2.45) is 21.8 Å². The van der Waals surface area contributed by atoms with Crippen molar-refractivity contribution >= 4 is 115 Å². The number of benzene rings is 3. The molecule has 9 rings (SSSR count). The van der Waals surface area contributed by atoms with Crippen LogP contribution in [0.25, 0.3) is 0 Å². The third-order valence-electron chi connectivity index (χ3n) is 14.8. The van der Waals surface area contributed by atoms with Crippen molar-refractivity contribution in [1.82, 2.24) is 31.2 Å². The van der Waals surface area contributed by atoms with Crippen molar-refractivity contribution in [2.45, 2.75) is 155 Å². The Morgan fingerprint density at radius 3 is 1.49 bits per heavy atom. The number of thioether (sulfide) groups is 3. The fourth-order valence-electron chi connectivity index (χ4n) is 9.47. The van der Waals surface area contributed by atoms with E-state index in [9.17, 15) is 38.4 Å². The largest absolute Gasteiger partial charge is 0.456 e. The van der Waals surface area contributed by atoms with Crippen LogP contribution in [0.15, 0.2) is 149 Å². The van der Waals surface area contributed by atoms with Gasteiger partial charge < -0.3 is 30.7 Å². The Bertz CT molecular complexity index is 3370. The van der Waals surface area contributed by atoms with Crippen molar-refractivity contribution in [2.75, 3.05) is 17.3 Å². The molecule has 23 heteroatoms. The van der Waals surface area contributed by atoms with Crippen LogP contribution in [-0.2, 0) is 65.7 Å². The minimum absolute atomic E-state index is 0. The normalized spacial score (nSPS) is 21.9. The maximum Gasteiger partial charge on any atom is 0.329 e. The first kappa shape index (κ1) is 75.4. The van der Waals surface area contributed by atoms with Gasteiger partial charge in [0.2, 0.25) is 23.6 Å². The van der Waals surface area contributed by atoms with Crippen molar-refractivity contribution in [3.05, 3.63) is 177 Å². The van der Waals surface area contributed by atoms with E-state index in [1.807, 2.05) is 42.8 Å². The molecule has 18 nitrogen and oxygen atoms in total. The third kappa shape index (κ3) is 20.3. The first-order valence-electron chi connectivity index (χ1n) is 29.7. The molecule has 6 heterocycles. The number of amides is 4. The molecule has 8 bridgehead atoms. The lowest BCUT2D eigenvalue weighted by molar-refractivity contribution is -0.154. The lowest BCUT2D eigenvalue weighted by atomic mass is 9.84. The number of cyclic esters (lactones) is 2. The number of aliphatic imine (C=N–C) groups is 2. The summed E-state index contributed by atoms with van der Waals surface area (Å²) in [6.07, 6.45) is 6.42. The summed E-state index contributed by atoms with van der Waals surface area (Å²) < 4.78 is 10.7. The number of carbonyl (C=O) groups is 8. The number of aromatic nitrogens is 2. The molecule has 0 saturated heterocycles. The number of nitrogens with one attached hydrogen (secondary N) is 4. The Hall–Kier alpha value is -7.31. The topological polar surface area (TPSA) is 254 Å². The van der Waals surface area contributed by atoms with Crippen LogP contribution < -0.4 is 21.3 Å². The standard InChI is InChI=1S/C25H24OS.C23H30N4O5S2.C19H24N4O4S2.2CH4/c1-2-3-19-24(26)20-27-25(21-13-7-4-8-14-21,22-15-9-5-10-16-22)23-17-11-6-12-18-23;1-5-14(28)7-6-8-15-9-17(29)24-10-18-25-16(11-33-18)20-27-23(4,12-34-20)22(31)26-19(13(2)3)21(30)32-15;1-5-11-6-13(24)20-7-14-21-12(8-28-14)16-23-19(4,9-29-16)18(26)22-15(10(2)3)17(25)27-11;;/h2,4-18H,1,3,19-20H2;6,8,11,13,15,19H,5,7,9-10,12H2,1-4H3,(H,24,29)(H,26,31);5,8,10-11,15H,1,6-7,9H2,2-4H3,(H,20,24)(H,22,26);2*1H4/b;8-6+;;;/t;15?,19-,23-;11?,15-,19-;;/m.00../s1. The zero-order valence-electron chi connectivity index (χ0n) is 51.7. The van der Waals surface area contributed by atoms with Gasteiger partial charge in [0.1, 0.15) is 78.4 Å². The summed E-state index contributed by atoms with van der Waals surface area (Å²) in [5.41, 5.74) is 2.88. The predicted octanol–water partition coefficient (Wildman–Crippen LogP) is 11.6. The van der Waals surface area contributed by atoms with E-state index in [2.05, 4.69) is 127 Å². The maximum absolute atomic E-state index is 13.2. The number of hydrogen-bond donors (Lipinski definition) is 4. The Labute approximate surface area is 562 Å². The van der Waals surface area contributed by atoms with Crippen molar-refractivity contribution < 1.29 is 47.8 Å². The summed E-state index contributed by atoms with van der Waals surface area (Å²) in [6.45, 7) is 20.4. The minimum Gasteiger partial charge on any atom is -0.456 e. The fourth-order valence-corrected chi connectivity index (χ4v) is 14.8. The molecule has 492 valence electrons. The quantitative estimate of drug-likeness (QED) is 0.0407. The number of nitrogens with zero attached hydrogens (tertiary/aromatic N) is 4. The smallest absolute Gasteiger partial charge is 0.329 e. The first-order valence-corrected chi connectivity index (χ1v) is 34.5. The van der Waals surface area contributed by atoms with Crippen LogP contribution in [0.3, 0.4) is 0 Å². The lowest BCUT2D eigenvalue weighted by Crippen LogP contribution is -2.53. The van der Waals surface area contributed by atoms with Crippen LogP contribution in [-0.4, -0.2) is 120 Å². The molecule has 4 N–H and O–H groups in total. The number of carbonyl (C=O) groups excluding carboxylic acids is 8. The highest BCUT2D eigenvalue weighted by Gasteiger charge is 2.44. The Balaban J connectivity index is 0.000000249. The van der Waals surface area contributed by atoms with Crippen LogP contribution in [0.2, 0.25) is 0 Å². The summed E-state index contributed by atoms with van der Waals surface area (Å²) >= 11 is 7.40. The predicted molar refractivity (Wildman–Crippen MR) is 374 cm³/mol. The van der Waals surface area contributed by atoms with Crippen LogP contribution in [0.4, 0.5) is 0 Å². The average Bonchev–Trinajstić information content (AvgIpc) is 1.08. The molecular formula is C69H86N8O10S5. The molecule has 2 aromatic heterocycles. The molecule has 0 aliphatic carbocycles. The summed E-state index contributed by atoms with van der Waals surface area (Å²) in [4.78, 5) is 119. The Kier molecular flexibility index (Phi) is 29.2. The summed E-state index contributed by atoms with van der Waals surface area (Å²) in [5, 5.41) is 17.7. The zero-order valence-corrected chi connectivity index (χ0v) is 55.8. The number of allylic oxidation sites excluding steroid dienone is 2. The summed E-state index contributed by atoms with van der Waals surface area (Å²) in [7, 11) is 0. The molecule has 4 amide bonds. The van der Waals surface area contributed by atoms with Gasteiger partial charge >= 0.3 is 11.9 Å². The zero-order chi connectivity index (χ0) is 65.0. The molecule has 0 radical (unpaired) electrons. The van der Waals surface area contributed by atoms with E-state index in [1.165, 1.54) is 69.0 Å². The maximum atomic E-state index is 13.2. The fraction of sp³-hybridized carbons (Fsp3) is 0.420. The molecule has 4 aliphatic heterocycles. The number of rotatable bonds is 16. The number of ketones is 2. The number of esters is 2. The highest BCUT2D eigenvalue weighted by Crippen LogP contribution is 2.48. The van der Waals surface area contributed by atoms with E-state index >= 15 is 0 Å². The molecule has 3 aromatic carbocycles. The second-order valence-corrected chi connectivity index (χ2v) is 27.7. The van der Waals surface area contributed by atoms with Crippen molar-refractivity contribution in [3.8, 4) is 0 Å². The molecule has 6 atom stereocenters. The number of ether oxygens (including phenoxy) is 2. The van der Waals surface area contributed by atoms with E-state index in [0.717, 1.165) is 11.4 Å². The molecule has 0 fully saturated rings. The van der Waals surface area contributed by atoms with Gasteiger partial charge in [0.05, 0.1) is 36.4 Å². The summed E-state index contributed by atoms with van der Waals surface area (Å²) in [6, 6.07) is 29.6. The van der Waals surface area contributed by atoms with E-state index in [1.54, 1.807) is 64.6 Å². The number of Topliss-reactive ketones (excluding diaryl/α,β-unsaturated/α-hetero) is 2. The highest BCUT2D eigenvalue weighted by atomic mass is 32.2. The van der Waals surface area contributed by atoms with Gasteiger partial charge in [-0.1, -0.05) is 165 Å². The number of fused-ring (bicyclic) bond motifs is 8. The molecule has 5 aromatic rings. The molecular weight excluding hydrogens is 1260 g/mol. The summed E-state index contributed by atoms with van der Waals surface area (Å²) in [5.74, 6) is -1.37. The van der Waals surface area contributed by atoms with Gasteiger partial charge in [-0.3, -0.25) is 38.8 Å². The molecule has 4 aliphatic rings. The van der Waals surface area contributed by atoms with Gasteiger partial charge in [0, 0.05) is 41.5 Å². The van der Waals surface area contributed by atoms with Gasteiger partial charge in [-0.15, -0.1) is 64.5 Å². The van der Waals surface area contributed by atoms with Crippen LogP contribution in [0.5, 0.6) is 0 Å².